The van der Waals surface area contributed by atoms with Gasteiger partial charge in [0.2, 0.25) is 0 Å². The molecule has 0 aliphatic heterocycles. The van der Waals surface area contributed by atoms with E-state index in [1.807, 2.05) is 18.5 Å². The van der Waals surface area contributed by atoms with E-state index in [1.54, 1.807) is 0 Å². The minimum Gasteiger partial charge on any atom is -0.392 e. The van der Waals surface area contributed by atoms with Gasteiger partial charge in [-0.05, 0) is 20.3 Å². The molecule has 0 aliphatic rings. The average Bonchev–Trinajstić information content (AvgIpc) is 2.29. The Morgan fingerprint density at radius 2 is 2.08 bits per heavy atom. The van der Waals surface area contributed by atoms with Crippen LogP contribution in [-0.4, -0.2) is 14.9 Å². The zero-order valence-electron chi connectivity index (χ0n) is 7.96. The number of aryl methyl sites for hydroxylation is 2. The number of rotatable bonds is 3. The lowest BCUT2D eigenvalue weighted by molar-refractivity contribution is 0.280. The summed E-state index contributed by atoms with van der Waals surface area (Å²) in [5.74, 6) is 0. The SMILES string of the molecule is CCCn1nc(C)c(CO)c1C. The van der Waals surface area contributed by atoms with Gasteiger partial charge in [0.15, 0.2) is 0 Å². The van der Waals surface area contributed by atoms with E-state index in [2.05, 4.69) is 12.0 Å². The highest BCUT2D eigenvalue weighted by Gasteiger charge is 2.08. The molecule has 0 radical (unpaired) electrons. The molecule has 0 saturated heterocycles. The maximum atomic E-state index is 9.03. The van der Waals surface area contributed by atoms with Crippen molar-refractivity contribution in [3.63, 3.8) is 0 Å². The van der Waals surface area contributed by atoms with Crippen molar-refractivity contribution < 1.29 is 5.11 Å². The third kappa shape index (κ3) is 1.50. The Bertz CT molecular complexity index is 266. The van der Waals surface area contributed by atoms with E-state index in [1.165, 1.54) is 0 Å². The highest BCUT2D eigenvalue weighted by molar-refractivity contribution is 5.23. The fraction of sp³-hybridized carbons (Fsp3) is 0.667. The summed E-state index contributed by atoms with van der Waals surface area (Å²) in [5, 5.41) is 13.4. The van der Waals surface area contributed by atoms with E-state index in [0.29, 0.717) is 0 Å². The van der Waals surface area contributed by atoms with Crippen molar-refractivity contribution in [1.29, 1.82) is 0 Å². The Morgan fingerprint density at radius 3 is 2.50 bits per heavy atom. The summed E-state index contributed by atoms with van der Waals surface area (Å²) in [7, 11) is 0. The van der Waals surface area contributed by atoms with Gasteiger partial charge in [-0.15, -0.1) is 0 Å². The van der Waals surface area contributed by atoms with Crippen LogP contribution in [-0.2, 0) is 13.2 Å². The standard InChI is InChI=1S/C9H16N2O/c1-4-5-11-8(3)9(6-12)7(2)10-11/h12H,4-6H2,1-3H3. The Hall–Kier alpha value is -0.830. The minimum atomic E-state index is 0.0986. The fourth-order valence-electron chi connectivity index (χ4n) is 1.39. The van der Waals surface area contributed by atoms with Gasteiger partial charge in [-0.1, -0.05) is 6.92 Å². The van der Waals surface area contributed by atoms with Gasteiger partial charge in [0.25, 0.3) is 0 Å². The summed E-state index contributed by atoms with van der Waals surface area (Å²) in [6.07, 6.45) is 1.08. The van der Waals surface area contributed by atoms with Gasteiger partial charge in [0.05, 0.1) is 12.3 Å². The first kappa shape index (κ1) is 9.26. The molecule has 68 valence electrons. The number of aliphatic hydroxyl groups excluding tert-OH is 1. The largest absolute Gasteiger partial charge is 0.392 e. The van der Waals surface area contributed by atoms with Gasteiger partial charge in [0.1, 0.15) is 0 Å². The Morgan fingerprint density at radius 1 is 1.42 bits per heavy atom. The molecule has 3 heteroatoms. The van der Waals surface area contributed by atoms with Crippen LogP contribution in [0.25, 0.3) is 0 Å². The molecule has 1 rings (SSSR count). The summed E-state index contributed by atoms with van der Waals surface area (Å²) in [5.41, 5.74) is 3.02. The van der Waals surface area contributed by atoms with E-state index in [0.717, 1.165) is 29.9 Å². The summed E-state index contributed by atoms with van der Waals surface area (Å²) < 4.78 is 1.96. The second-order valence-electron chi connectivity index (χ2n) is 3.03. The normalized spacial score (nSPS) is 10.7. The minimum absolute atomic E-state index is 0.0986. The van der Waals surface area contributed by atoms with Crippen molar-refractivity contribution in [3.05, 3.63) is 17.0 Å². The first-order chi connectivity index (χ1) is 5.70. The van der Waals surface area contributed by atoms with Gasteiger partial charge < -0.3 is 5.11 Å². The lowest BCUT2D eigenvalue weighted by Gasteiger charge is -2.01. The molecule has 0 bridgehead atoms. The molecule has 1 aromatic heterocycles. The van der Waals surface area contributed by atoms with Gasteiger partial charge in [-0.2, -0.15) is 5.10 Å². The predicted octanol–water partition coefficient (Wildman–Crippen LogP) is 1.40. The third-order valence-corrected chi connectivity index (χ3v) is 2.12. The molecule has 0 unspecified atom stereocenters. The van der Waals surface area contributed by atoms with Gasteiger partial charge in [0, 0.05) is 17.8 Å². The molecular weight excluding hydrogens is 152 g/mol. The van der Waals surface area contributed by atoms with E-state index >= 15 is 0 Å². The highest BCUT2D eigenvalue weighted by atomic mass is 16.3. The van der Waals surface area contributed by atoms with E-state index < -0.39 is 0 Å². The topological polar surface area (TPSA) is 38.0 Å². The number of aliphatic hydroxyl groups is 1. The first-order valence-electron chi connectivity index (χ1n) is 4.34. The average molecular weight is 168 g/mol. The summed E-state index contributed by atoms with van der Waals surface area (Å²) in [6, 6.07) is 0. The second kappa shape index (κ2) is 3.72. The molecule has 0 aliphatic carbocycles. The molecule has 1 N–H and O–H groups in total. The number of aromatic nitrogens is 2. The van der Waals surface area contributed by atoms with Crippen molar-refractivity contribution in [2.75, 3.05) is 0 Å². The zero-order valence-corrected chi connectivity index (χ0v) is 7.96. The van der Waals surface area contributed by atoms with Gasteiger partial charge >= 0.3 is 0 Å². The second-order valence-corrected chi connectivity index (χ2v) is 3.03. The third-order valence-electron chi connectivity index (χ3n) is 2.12. The fourth-order valence-corrected chi connectivity index (χ4v) is 1.39. The number of hydrogen-bond donors (Lipinski definition) is 1. The number of nitrogens with zero attached hydrogens (tertiary/aromatic N) is 2. The zero-order chi connectivity index (χ0) is 9.14. The van der Waals surface area contributed by atoms with Gasteiger partial charge in [-0.3, -0.25) is 4.68 Å². The van der Waals surface area contributed by atoms with Crippen molar-refractivity contribution in [2.45, 2.75) is 40.3 Å². The molecule has 1 heterocycles. The molecule has 0 amide bonds. The summed E-state index contributed by atoms with van der Waals surface area (Å²) >= 11 is 0. The monoisotopic (exact) mass is 168 g/mol. The molecule has 0 spiro atoms. The maximum Gasteiger partial charge on any atom is 0.0718 e. The van der Waals surface area contributed by atoms with Crippen molar-refractivity contribution in [1.82, 2.24) is 9.78 Å². The van der Waals surface area contributed by atoms with Crippen molar-refractivity contribution in [2.24, 2.45) is 0 Å². The lowest BCUT2D eigenvalue weighted by Crippen LogP contribution is -2.01. The Kier molecular flexibility index (Phi) is 2.87. The number of hydrogen-bond acceptors (Lipinski definition) is 2. The summed E-state index contributed by atoms with van der Waals surface area (Å²) in [4.78, 5) is 0. The van der Waals surface area contributed by atoms with Crippen LogP contribution >= 0.6 is 0 Å². The van der Waals surface area contributed by atoms with Crippen LogP contribution in [0, 0.1) is 13.8 Å². The molecule has 12 heavy (non-hydrogen) atoms. The quantitative estimate of drug-likeness (QED) is 0.741. The molecular formula is C9H16N2O. The molecule has 1 aromatic rings. The summed E-state index contributed by atoms with van der Waals surface area (Å²) in [6.45, 7) is 7.09. The van der Waals surface area contributed by atoms with Crippen LogP contribution in [0.3, 0.4) is 0 Å². The highest BCUT2D eigenvalue weighted by Crippen LogP contribution is 2.12. The van der Waals surface area contributed by atoms with Crippen LogP contribution in [0.4, 0.5) is 0 Å². The molecule has 0 aromatic carbocycles. The molecule has 0 atom stereocenters. The molecule has 0 saturated carbocycles. The first-order valence-corrected chi connectivity index (χ1v) is 4.34. The van der Waals surface area contributed by atoms with E-state index in [-0.39, 0.29) is 6.61 Å². The Balaban J connectivity index is 3.00. The smallest absolute Gasteiger partial charge is 0.0718 e. The van der Waals surface area contributed by atoms with Crippen molar-refractivity contribution in [3.8, 4) is 0 Å². The molecule has 0 fully saturated rings. The predicted molar refractivity (Wildman–Crippen MR) is 47.9 cm³/mol. The van der Waals surface area contributed by atoms with E-state index in [4.69, 9.17) is 5.11 Å². The maximum absolute atomic E-state index is 9.03. The Labute approximate surface area is 73.0 Å². The van der Waals surface area contributed by atoms with Crippen molar-refractivity contribution >= 4 is 0 Å². The van der Waals surface area contributed by atoms with Crippen LogP contribution in [0.1, 0.15) is 30.3 Å². The van der Waals surface area contributed by atoms with Crippen LogP contribution < -0.4 is 0 Å². The van der Waals surface area contributed by atoms with Crippen LogP contribution in [0.15, 0.2) is 0 Å². The van der Waals surface area contributed by atoms with E-state index in [9.17, 15) is 0 Å². The van der Waals surface area contributed by atoms with Gasteiger partial charge in [-0.25, -0.2) is 0 Å². The van der Waals surface area contributed by atoms with Crippen LogP contribution in [0.5, 0.6) is 0 Å². The lowest BCUT2D eigenvalue weighted by atomic mass is 10.2. The van der Waals surface area contributed by atoms with Crippen LogP contribution in [0.2, 0.25) is 0 Å². The molecule has 3 nitrogen and oxygen atoms in total.